The minimum Gasteiger partial charge on any atom is -0.492 e. The number of nitrogens with one attached hydrogen (secondary N) is 1. The van der Waals surface area contributed by atoms with Crippen LogP contribution in [0.4, 0.5) is 0 Å². The maximum Gasteiger partial charge on any atom is 0.261 e. The fraction of sp³-hybridized carbons (Fsp3) is 0.571. The van der Waals surface area contributed by atoms with Gasteiger partial charge in [-0.2, -0.15) is 0 Å². The number of benzene rings is 1. The van der Waals surface area contributed by atoms with Crippen molar-refractivity contribution >= 4 is 27.3 Å². The van der Waals surface area contributed by atoms with Crippen molar-refractivity contribution in [3.05, 3.63) is 28.6 Å². The number of piperidine rings is 3. The average molecular weight is 371 g/mol. The second kappa shape index (κ2) is 5.96. The molecule has 0 spiro atoms. The Bertz CT molecular complexity index is 864. The fourth-order valence-corrected chi connectivity index (χ4v) is 6.20. The van der Waals surface area contributed by atoms with Crippen LogP contribution in [-0.2, 0) is 6.42 Å². The highest BCUT2D eigenvalue weighted by molar-refractivity contribution is 7.21. The average Bonchev–Trinajstić information content (AvgIpc) is 3.10. The van der Waals surface area contributed by atoms with Crippen LogP contribution < -0.4 is 10.1 Å². The van der Waals surface area contributed by atoms with Crippen molar-refractivity contribution in [1.82, 2.24) is 10.2 Å². The number of hydrogen-bond donors (Lipinski definition) is 1. The summed E-state index contributed by atoms with van der Waals surface area (Å²) in [6.45, 7) is 7.66. The molecule has 5 heteroatoms. The van der Waals surface area contributed by atoms with Gasteiger partial charge in [0.15, 0.2) is 0 Å². The summed E-state index contributed by atoms with van der Waals surface area (Å²) in [4.78, 5) is 16.4. The quantitative estimate of drug-likeness (QED) is 0.874. The topological polar surface area (TPSA) is 41.6 Å². The third-order valence-electron chi connectivity index (χ3n) is 6.66. The smallest absolute Gasteiger partial charge is 0.261 e. The number of nitrogens with zero attached hydrogens (tertiary/aromatic N) is 1. The number of aryl methyl sites for hydroxylation is 1. The second-order valence-electron chi connectivity index (χ2n) is 8.46. The van der Waals surface area contributed by atoms with Crippen molar-refractivity contribution in [2.24, 2.45) is 5.92 Å². The van der Waals surface area contributed by atoms with Gasteiger partial charge in [-0.1, -0.05) is 12.1 Å². The predicted molar refractivity (Wildman–Crippen MR) is 105 cm³/mol. The molecule has 1 aromatic carbocycles. The number of carbonyl (C=O) groups excluding carboxylic acids is 1. The molecule has 26 heavy (non-hydrogen) atoms. The number of thiophene rings is 1. The van der Waals surface area contributed by atoms with Gasteiger partial charge in [-0.25, -0.2) is 0 Å². The summed E-state index contributed by atoms with van der Waals surface area (Å²) in [5.74, 6) is 1.67. The van der Waals surface area contributed by atoms with Crippen molar-refractivity contribution in [2.45, 2.75) is 51.1 Å². The third kappa shape index (κ3) is 2.48. The molecule has 1 N–H and O–H groups in total. The second-order valence-corrected chi connectivity index (χ2v) is 9.52. The van der Waals surface area contributed by atoms with Gasteiger partial charge in [-0.3, -0.25) is 9.69 Å². The Labute approximate surface area is 158 Å². The lowest BCUT2D eigenvalue weighted by atomic mass is 9.72. The van der Waals surface area contributed by atoms with E-state index in [4.69, 9.17) is 4.74 Å². The molecule has 4 aliphatic rings. The van der Waals surface area contributed by atoms with E-state index in [0.29, 0.717) is 5.92 Å². The van der Waals surface area contributed by atoms with Crippen LogP contribution in [0, 0.1) is 5.92 Å². The maximum atomic E-state index is 13.1. The van der Waals surface area contributed by atoms with Crippen molar-refractivity contribution < 1.29 is 9.53 Å². The van der Waals surface area contributed by atoms with Crippen molar-refractivity contribution in [1.29, 1.82) is 0 Å². The van der Waals surface area contributed by atoms with Gasteiger partial charge in [0.1, 0.15) is 5.75 Å². The van der Waals surface area contributed by atoms with Gasteiger partial charge in [0.2, 0.25) is 0 Å². The normalized spacial score (nSPS) is 29.2. The van der Waals surface area contributed by atoms with E-state index in [1.165, 1.54) is 18.4 Å². The van der Waals surface area contributed by atoms with Crippen LogP contribution in [0.3, 0.4) is 0 Å². The zero-order valence-electron chi connectivity index (χ0n) is 15.5. The van der Waals surface area contributed by atoms with Crippen LogP contribution in [-0.4, -0.2) is 42.1 Å². The van der Waals surface area contributed by atoms with E-state index < -0.39 is 0 Å². The standard InChI is InChI=1S/C21H26N2O2S/c1-21(2)19(14-7-9-23(21)10-8-14)22-20(24)16-12-15-6-5-13-4-3-11-25-17(13)18(15)26-16/h5-6,12,14,19H,3-4,7-11H2,1-2H3,(H,22,24)/t19-/m1/s1. The zero-order valence-corrected chi connectivity index (χ0v) is 16.3. The molecule has 0 radical (unpaired) electrons. The molecule has 4 aliphatic heterocycles. The van der Waals surface area contributed by atoms with Gasteiger partial charge in [-0.15, -0.1) is 11.3 Å². The minimum atomic E-state index is 0.0375. The number of ether oxygens (including phenoxy) is 1. The van der Waals surface area contributed by atoms with Gasteiger partial charge in [0.25, 0.3) is 5.91 Å². The number of carbonyl (C=O) groups is 1. The van der Waals surface area contributed by atoms with E-state index in [9.17, 15) is 4.79 Å². The summed E-state index contributed by atoms with van der Waals surface area (Å²) in [7, 11) is 0. The summed E-state index contributed by atoms with van der Waals surface area (Å²) in [5, 5.41) is 4.51. The molecule has 6 rings (SSSR count). The number of fused-ring (bicyclic) bond motifs is 6. The molecule has 1 atom stereocenters. The van der Waals surface area contributed by atoms with Gasteiger partial charge in [0.05, 0.1) is 16.2 Å². The molecule has 2 aromatic rings. The molecular formula is C21H26N2O2S. The number of amides is 1. The molecule has 4 nitrogen and oxygen atoms in total. The Hall–Kier alpha value is -1.59. The number of hydrogen-bond acceptors (Lipinski definition) is 4. The van der Waals surface area contributed by atoms with Gasteiger partial charge in [0, 0.05) is 11.6 Å². The van der Waals surface area contributed by atoms with Crippen LogP contribution in [0.2, 0.25) is 0 Å². The lowest BCUT2D eigenvalue weighted by Gasteiger charge is -2.56. The monoisotopic (exact) mass is 370 g/mol. The first-order valence-corrected chi connectivity index (χ1v) is 10.6. The van der Waals surface area contributed by atoms with Crippen molar-refractivity contribution in [3.63, 3.8) is 0 Å². The van der Waals surface area contributed by atoms with Crippen molar-refractivity contribution in [3.8, 4) is 5.75 Å². The molecule has 3 fully saturated rings. The third-order valence-corrected chi connectivity index (χ3v) is 7.81. The van der Waals surface area contributed by atoms with Gasteiger partial charge >= 0.3 is 0 Å². The van der Waals surface area contributed by atoms with Gasteiger partial charge in [-0.05, 0) is 75.6 Å². The molecule has 138 valence electrons. The van der Waals surface area contributed by atoms with E-state index in [1.807, 2.05) is 6.07 Å². The minimum absolute atomic E-state index is 0.0375. The maximum absolute atomic E-state index is 13.1. The molecule has 2 bridgehead atoms. The zero-order chi connectivity index (χ0) is 17.9. The van der Waals surface area contributed by atoms with Crippen LogP contribution in [0.15, 0.2) is 18.2 Å². The Morgan fingerprint density at radius 3 is 2.88 bits per heavy atom. The summed E-state index contributed by atoms with van der Waals surface area (Å²) < 4.78 is 7.05. The lowest BCUT2D eigenvalue weighted by molar-refractivity contribution is -0.0377. The first-order chi connectivity index (χ1) is 12.5. The lowest BCUT2D eigenvalue weighted by Crippen LogP contribution is -2.69. The van der Waals surface area contributed by atoms with Crippen molar-refractivity contribution in [2.75, 3.05) is 19.7 Å². The van der Waals surface area contributed by atoms with Crippen LogP contribution in [0.5, 0.6) is 5.75 Å². The first kappa shape index (κ1) is 16.6. The molecule has 0 aliphatic carbocycles. The van der Waals surface area contributed by atoms with E-state index in [0.717, 1.165) is 53.3 Å². The fourth-order valence-electron chi connectivity index (χ4n) is 5.11. The molecule has 1 amide bonds. The summed E-state index contributed by atoms with van der Waals surface area (Å²) in [6.07, 6.45) is 4.54. The van der Waals surface area contributed by atoms with Crippen LogP contribution in [0.25, 0.3) is 10.1 Å². The SMILES string of the molecule is CC1(C)[C@H](NC(=O)c2cc3ccc4c(c3s2)OCCC4)C2CCN1CC2. The largest absolute Gasteiger partial charge is 0.492 e. The molecule has 1 aromatic heterocycles. The highest BCUT2D eigenvalue weighted by Crippen LogP contribution is 2.41. The summed E-state index contributed by atoms with van der Waals surface area (Å²) in [6, 6.07) is 6.55. The Morgan fingerprint density at radius 1 is 1.31 bits per heavy atom. The van der Waals surface area contributed by atoms with E-state index in [-0.39, 0.29) is 17.5 Å². The number of rotatable bonds is 2. The Balaban J connectivity index is 1.44. The molecule has 0 saturated carbocycles. The highest BCUT2D eigenvalue weighted by Gasteiger charge is 2.48. The molecule has 0 unspecified atom stereocenters. The summed E-state index contributed by atoms with van der Waals surface area (Å²) in [5.41, 5.74) is 1.31. The van der Waals surface area contributed by atoms with Crippen LogP contribution >= 0.6 is 11.3 Å². The summed E-state index contributed by atoms with van der Waals surface area (Å²) >= 11 is 1.58. The van der Waals surface area contributed by atoms with Gasteiger partial charge < -0.3 is 10.1 Å². The van der Waals surface area contributed by atoms with E-state index >= 15 is 0 Å². The highest BCUT2D eigenvalue weighted by atomic mass is 32.1. The van der Waals surface area contributed by atoms with E-state index in [1.54, 1.807) is 11.3 Å². The molecule has 5 heterocycles. The van der Waals surface area contributed by atoms with E-state index in [2.05, 4.69) is 36.2 Å². The van der Waals surface area contributed by atoms with Crippen LogP contribution in [0.1, 0.15) is 48.3 Å². The predicted octanol–water partition coefficient (Wildman–Crippen LogP) is 3.83. The Kier molecular flexibility index (Phi) is 3.80. The Morgan fingerprint density at radius 2 is 2.12 bits per heavy atom. The molecular weight excluding hydrogens is 344 g/mol. The first-order valence-electron chi connectivity index (χ1n) is 9.78. The molecule has 3 saturated heterocycles.